The van der Waals surface area contributed by atoms with Gasteiger partial charge in [-0.1, -0.05) is 18.2 Å². The van der Waals surface area contributed by atoms with Crippen LogP contribution in [-0.4, -0.2) is 35.0 Å². The van der Waals surface area contributed by atoms with Gasteiger partial charge in [-0.05, 0) is 25.0 Å². The molecule has 0 radical (unpaired) electrons. The van der Waals surface area contributed by atoms with Gasteiger partial charge >= 0.3 is 5.97 Å². The lowest BCUT2D eigenvalue weighted by atomic mass is 9.97. The number of hydrogen-bond acceptors (Lipinski definition) is 4. The molecule has 0 bridgehead atoms. The smallest absolute Gasteiger partial charge is 0.306 e. The molecule has 23 heavy (non-hydrogen) atoms. The molecule has 3 aromatic rings. The summed E-state index contributed by atoms with van der Waals surface area (Å²) in [5.74, 6) is -1.03. The Bertz CT molecular complexity index is 903. The maximum atomic E-state index is 12.7. The van der Waals surface area contributed by atoms with E-state index in [1.807, 2.05) is 18.2 Å². The van der Waals surface area contributed by atoms with Gasteiger partial charge in [0.25, 0.3) is 5.91 Å². The Kier molecular flexibility index (Phi) is 3.58. The molecule has 1 aliphatic heterocycles. The largest absolute Gasteiger partial charge is 0.481 e. The lowest BCUT2D eigenvalue weighted by Crippen LogP contribution is -2.39. The number of carbonyl (C=O) groups is 2. The number of carbonyl (C=O) groups excluding carboxylic acids is 1. The highest BCUT2D eigenvalue weighted by molar-refractivity contribution is 7.33. The summed E-state index contributed by atoms with van der Waals surface area (Å²) in [6.07, 6.45) is 1.09. The number of benzene rings is 1. The van der Waals surface area contributed by atoms with Crippen molar-refractivity contribution >= 4 is 54.0 Å². The maximum absolute atomic E-state index is 12.7. The molecule has 0 atom stereocenters. The molecular formula is C17H15NO3S2. The number of likely N-dealkylation sites (tertiary alicyclic amines) is 1. The quantitative estimate of drug-likeness (QED) is 0.762. The van der Waals surface area contributed by atoms with E-state index in [9.17, 15) is 9.59 Å². The summed E-state index contributed by atoms with van der Waals surface area (Å²) in [5, 5.41) is 10.3. The van der Waals surface area contributed by atoms with Crippen LogP contribution in [0.25, 0.3) is 19.5 Å². The highest BCUT2D eigenvalue weighted by Gasteiger charge is 2.28. The molecule has 1 saturated heterocycles. The van der Waals surface area contributed by atoms with Crippen molar-refractivity contribution in [3.63, 3.8) is 0 Å². The van der Waals surface area contributed by atoms with E-state index in [1.165, 1.54) is 14.8 Å². The molecule has 1 N–H and O–H groups in total. The second-order valence-electron chi connectivity index (χ2n) is 5.81. The van der Waals surface area contributed by atoms with Crippen molar-refractivity contribution < 1.29 is 14.7 Å². The van der Waals surface area contributed by atoms with Gasteiger partial charge in [0.15, 0.2) is 0 Å². The molecule has 1 aromatic carbocycles. The van der Waals surface area contributed by atoms with Gasteiger partial charge in [0.1, 0.15) is 0 Å². The highest BCUT2D eigenvalue weighted by atomic mass is 32.1. The number of thiophene rings is 2. The number of nitrogens with zero attached hydrogens (tertiary/aromatic N) is 1. The number of piperidine rings is 1. The molecule has 0 unspecified atom stereocenters. The molecule has 0 saturated carbocycles. The summed E-state index contributed by atoms with van der Waals surface area (Å²) < 4.78 is 3.57. The molecule has 6 heteroatoms. The molecule has 3 heterocycles. The monoisotopic (exact) mass is 345 g/mol. The van der Waals surface area contributed by atoms with Crippen molar-refractivity contribution in [3.8, 4) is 0 Å². The van der Waals surface area contributed by atoms with Crippen molar-refractivity contribution in [2.45, 2.75) is 12.8 Å². The van der Waals surface area contributed by atoms with Crippen molar-refractivity contribution in [1.82, 2.24) is 4.90 Å². The zero-order chi connectivity index (χ0) is 16.0. The Balaban J connectivity index is 1.59. The molecule has 0 spiro atoms. The molecule has 118 valence electrons. The first-order valence-electron chi connectivity index (χ1n) is 7.56. The van der Waals surface area contributed by atoms with Crippen LogP contribution in [0.3, 0.4) is 0 Å². The van der Waals surface area contributed by atoms with Gasteiger partial charge in [0, 0.05) is 27.9 Å². The van der Waals surface area contributed by atoms with Crippen LogP contribution in [0.4, 0.5) is 0 Å². The predicted molar refractivity (Wildman–Crippen MR) is 93.5 cm³/mol. The van der Waals surface area contributed by atoms with Gasteiger partial charge in [0.05, 0.1) is 15.5 Å². The fraction of sp³-hybridized carbons (Fsp3) is 0.294. The summed E-state index contributed by atoms with van der Waals surface area (Å²) in [6.45, 7) is 1.06. The van der Waals surface area contributed by atoms with E-state index < -0.39 is 5.97 Å². The van der Waals surface area contributed by atoms with Crippen molar-refractivity contribution in [3.05, 3.63) is 35.2 Å². The van der Waals surface area contributed by atoms with E-state index in [1.54, 1.807) is 27.6 Å². The van der Waals surface area contributed by atoms with E-state index in [-0.39, 0.29) is 11.8 Å². The molecule has 1 aliphatic rings. The van der Waals surface area contributed by atoms with E-state index in [0.29, 0.717) is 25.9 Å². The lowest BCUT2D eigenvalue weighted by Gasteiger charge is -2.29. The average molecular weight is 345 g/mol. The molecule has 2 aromatic heterocycles. The summed E-state index contributed by atoms with van der Waals surface area (Å²) in [6, 6.07) is 10.2. The Morgan fingerprint density at radius 3 is 2.57 bits per heavy atom. The van der Waals surface area contributed by atoms with Gasteiger partial charge in [-0.2, -0.15) is 0 Å². The van der Waals surface area contributed by atoms with Crippen LogP contribution in [0.5, 0.6) is 0 Å². The van der Waals surface area contributed by atoms with Crippen molar-refractivity contribution in [2.75, 3.05) is 13.1 Å². The standard InChI is InChI=1S/C17H15NO3S2/c19-16(18-7-5-10(6-8-18)17(20)21)14-9-13-15(23-14)11-3-1-2-4-12(11)22-13/h1-4,9-10H,5-8H2,(H,20,21). The fourth-order valence-electron chi connectivity index (χ4n) is 3.09. The number of carboxylic acids is 1. The van der Waals surface area contributed by atoms with Gasteiger partial charge in [-0.3, -0.25) is 9.59 Å². The first-order valence-corrected chi connectivity index (χ1v) is 9.20. The van der Waals surface area contributed by atoms with Crippen LogP contribution in [0.2, 0.25) is 0 Å². The zero-order valence-electron chi connectivity index (χ0n) is 12.3. The Labute approximate surface area is 141 Å². The molecule has 1 amide bonds. The van der Waals surface area contributed by atoms with Crippen LogP contribution < -0.4 is 0 Å². The number of aliphatic carboxylic acids is 1. The number of carboxylic acid groups (broad SMARTS) is 1. The van der Waals surface area contributed by atoms with Crippen LogP contribution >= 0.6 is 22.7 Å². The summed E-state index contributed by atoms with van der Waals surface area (Å²) >= 11 is 3.26. The van der Waals surface area contributed by atoms with E-state index in [0.717, 1.165) is 9.58 Å². The lowest BCUT2D eigenvalue weighted by molar-refractivity contribution is -0.143. The second kappa shape index (κ2) is 5.62. The summed E-state index contributed by atoms with van der Waals surface area (Å²) in [7, 11) is 0. The third-order valence-electron chi connectivity index (χ3n) is 4.39. The van der Waals surface area contributed by atoms with Gasteiger partial charge < -0.3 is 10.0 Å². The Morgan fingerprint density at radius 2 is 1.83 bits per heavy atom. The molecule has 0 aliphatic carbocycles. The third kappa shape index (κ3) is 2.52. The topological polar surface area (TPSA) is 57.6 Å². The Morgan fingerprint density at radius 1 is 1.09 bits per heavy atom. The fourth-order valence-corrected chi connectivity index (χ4v) is 5.58. The maximum Gasteiger partial charge on any atom is 0.306 e. The second-order valence-corrected chi connectivity index (χ2v) is 7.94. The van der Waals surface area contributed by atoms with E-state index >= 15 is 0 Å². The van der Waals surface area contributed by atoms with Crippen LogP contribution in [0, 0.1) is 5.92 Å². The van der Waals surface area contributed by atoms with E-state index in [4.69, 9.17) is 5.11 Å². The normalized spacial score (nSPS) is 16.3. The molecular weight excluding hydrogens is 330 g/mol. The van der Waals surface area contributed by atoms with Crippen LogP contribution in [-0.2, 0) is 4.79 Å². The number of amides is 1. The predicted octanol–water partition coefficient (Wildman–Crippen LogP) is 4.05. The number of fused-ring (bicyclic) bond motifs is 3. The minimum absolute atomic E-state index is 0.0336. The minimum Gasteiger partial charge on any atom is -0.481 e. The summed E-state index contributed by atoms with van der Waals surface area (Å²) in [4.78, 5) is 26.2. The number of hydrogen-bond donors (Lipinski definition) is 1. The van der Waals surface area contributed by atoms with Crippen molar-refractivity contribution in [1.29, 1.82) is 0 Å². The Hall–Kier alpha value is -1.92. The van der Waals surface area contributed by atoms with Crippen molar-refractivity contribution in [2.24, 2.45) is 5.92 Å². The van der Waals surface area contributed by atoms with E-state index in [2.05, 4.69) is 12.1 Å². The third-order valence-corrected chi connectivity index (χ3v) is 6.80. The number of rotatable bonds is 2. The van der Waals surface area contributed by atoms with Gasteiger partial charge in [-0.25, -0.2) is 0 Å². The van der Waals surface area contributed by atoms with Gasteiger partial charge in [0.2, 0.25) is 0 Å². The van der Waals surface area contributed by atoms with Crippen LogP contribution in [0.15, 0.2) is 30.3 Å². The summed E-state index contributed by atoms with van der Waals surface area (Å²) in [5.41, 5.74) is 0. The minimum atomic E-state index is -0.750. The average Bonchev–Trinajstić information content (AvgIpc) is 3.12. The highest BCUT2D eigenvalue weighted by Crippen LogP contribution is 2.39. The first kappa shape index (κ1) is 14.7. The first-order chi connectivity index (χ1) is 11.1. The van der Waals surface area contributed by atoms with Gasteiger partial charge in [-0.15, -0.1) is 22.7 Å². The molecule has 4 rings (SSSR count). The van der Waals surface area contributed by atoms with Crippen LogP contribution in [0.1, 0.15) is 22.5 Å². The SMILES string of the molecule is O=C(O)C1CCN(C(=O)c2cc3sc4ccccc4c3s2)CC1. The zero-order valence-corrected chi connectivity index (χ0v) is 14.0. The molecule has 4 nitrogen and oxygen atoms in total. The molecule has 1 fully saturated rings.